The summed E-state index contributed by atoms with van der Waals surface area (Å²) in [6, 6.07) is 15.9. The van der Waals surface area contributed by atoms with Gasteiger partial charge >= 0.3 is 0 Å². The third kappa shape index (κ3) is 4.60. The van der Waals surface area contributed by atoms with E-state index in [0.717, 1.165) is 21.8 Å². The molecule has 1 aromatic carbocycles. The van der Waals surface area contributed by atoms with Gasteiger partial charge < -0.3 is 9.88 Å². The fourth-order valence-corrected chi connectivity index (χ4v) is 4.58. The lowest BCUT2D eigenvalue weighted by molar-refractivity contribution is -0.119. The van der Waals surface area contributed by atoms with Gasteiger partial charge in [0.05, 0.1) is 11.8 Å². The minimum atomic E-state index is -0.162. The van der Waals surface area contributed by atoms with Crippen LogP contribution >= 0.6 is 23.1 Å². The molecule has 6 nitrogen and oxygen atoms in total. The van der Waals surface area contributed by atoms with Gasteiger partial charge in [0, 0.05) is 29.9 Å². The van der Waals surface area contributed by atoms with E-state index < -0.39 is 0 Å². The summed E-state index contributed by atoms with van der Waals surface area (Å²) in [5, 5.41) is 14.4. The van der Waals surface area contributed by atoms with E-state index in [-0.39, 0.29) is 17.7 Å². The second kappa shape index (κ2) is 9.23. The van der Waals surface area contributed by atoms with Crippen molar-refractivity contribution in [2.24, 2.45) is 7.05 Å². The van der Waals surface area contributed by atoms with Gasteiger partial charge in [0.2, 0.25) is 5.91 Å². The van der Waals surface area contributed by atoms with Crippen molar-refractivity contribution in [3.05, 3.63) is 82.3 Å². The van der Waals surface area contributed by atoms with Crippen molar-refractivity contribution in [3.63, 3.8) is 0 Å². The van der Waals surface area contributed by atoms with E-state index >= 15 is 0 Å². The SMILES string of the molecule is Cc1ccc([C@H](NC(=O)CSc2nnc(-c3ccncc3)n2C)c2cccs2)cc1. The maximum absolute atomic E-state index is 12.8. The molecule has 3 heterocycles. The number of rotatable bonds is 7. The Morgan fingerprint density at radius 3 is 2.60 bits per heavy atom. The number of carbonyl (C=O) groups is 1. The van der Waals surface area contributed by atoms with Crippen LogP contribution in [0.15, 0.2) is 71.5 Å². The first-order valence-corrected chi connectivity index (χ1v) is 11.3. The van der Waals surface area contributed by atoms with Gasteiger partial charge in [-0.25, -0.2) is 0 Å². The Bertz CT molecular complexity index is 1110. The summed E-state index contributed by atoms with van der Waals surface area (Å²) in [6.07, 6.45) is 3.44. The maximum Gasteiger partial charge on any atom is 0.231 e. The largest absolute Gasteiger partial charge is 0.344 e. The molecule has 0 spiro atoms. The number of aromatic nitrogens is 4. The molecule has 3 aromatic heterocycles. The van der Waals surface area contributed by atoms with E-state index in [4.69, 9.17) is 0 Å². The number of thiophene rings is 1. The van der Waals surface area contributed by atoms with Crippen molar-refractivity contribution in [2.45, 2.75) is 18.1 Å². The molecule has 0 radical (unpaired) electrons. The molecule has 8 heteroatoms. The molecule has 0 aliphatic heterocycles. The molecule has 4 rings (SSSR count). The number of carbonyl (C=O) groups excluding carboxylic acids is 1. The monoisotopic (exact) mass is 435 g/mol. The summed E-state index contributed by atoms with van der Waals surface area (Å²) in [7, 11) is 1.90. The third-order valence-electron chi connectivity index (χ3n) is 4.65. The normalized spacial score (nSPS) is 11.9. The average Bonchev–Trinajstić information content (AvgIpc) is 3.42. The van der Waals surface area contributed by atoms with Gasteiger partial charge in [-0.3, -0.25) is 9.78 Å². The Labute approximate surface area is 183 Å². The zero-order valence-corrected chi connectivity index (χ0v) is 18.3. The lowest BCUT2D eigenvalue weighted by Crippen LogP contribution is -2.30. The number of thioether (sulfide) groups is 1. The molecule has 1 amide bonds. The number of nitrogens with zero attached hydrogens (tertiary/aromatic N) is 4. The van der Waals surface area contributed by atoms with E-state index in [2.05, 4.69) is 51.7 Å². The predicted octanol–water partition coefficient (Wildman–Crippen LogP) is 4.24. The number of amides is 1. The molecule has 30 heavy (non-hydrogen) atoms. The summed E-state index contributed by atoms with van der Waals surface area (Å²) in [5.41, 5.74) is 3.20. The molecule has 1 N–H and O–H groups in total. The second-order valence-corrected chi connectivity index (χ2v) is 8.74. The Balaban J connectivity index is 1.45. The Morgan fingerprint density at radius 1 is 1.13 bits per heavy atom. The first-order chi connectivity index (χ1) is 14.6. The van der Waals surface area contributed by atoms with Crippen LogP contribution in [-0.4, -0.2) is 31.4 Å². The fourth-order valence-electron chi connectivity index (χ4n) is 3.06. The summed E-state index contributed by atoms with van der Waals surface area (Å²) in [6.45, 7) is 2.06. The maximum atomic E-state index is 12.8. The van der Waals surface area contributed by atoms with E-state index in [0.29, 0.717) is 5.16 Å². The van der Waals surface area contributed by atoms with Crippen LogP contribution in [0.5, 0.6) is 0 Å². The number of benzene rings is 1. The van der Waals surface area contributed by atoms with Crippen LogP contribution in [0.25, 0.3) is 11.4 Å². The summed E-state index contributed by atoms with van der Waals surface area (Å²) < 4.78 is 1.89. The van der Waals surface area contributed by atoms with Crippen LogP contribution in [-0.2, 0) is 11.8 Å². The van der Waals surface area contributed by atoms with Crippen LogP contribution in [0, 0.1) is 6.92 Å². The molecule has 0 aliphatic rings. The highest BCUT2D eigenvalue weighted by molar-refractivity contribution is 7.99. The molecule has 1 atom stereocenters. The van der Waals surface area contributed by atoms with Crippen LogP contribution < -0.4 is 5.32 Å². The van der Waals surface area contributed by atoms with E-state index in [1.54, 1.807) is 23.7 Å². The summed E-state index contributed by atoms with van der Waals surface area (Å²) in [5.74, 6) is 0.958. The van der Waals surface area contributed by atoms with Gasteiger partial charge in [-0.2, -0.15) is 0 Å². The van der Waals surface area contributed by atoms with Crippen LogP contribution in [0.2, 0.25) is 0 Å². The van der Waals surface area contributed by atoms with E-state index in [1.807, 2.05) is 41.3 Å². The van der Waals surface area contributed by atoms with E-state index in [1.165, 1.54) is 17.3 Å². The summed E-state index contributed by atoms with van der Waals surface area (Å²) >= 11 is 3.01. The molecule has 0 bridgehead atoms. The molecule has 0 unspecified atom stereocenters. The average molecular weight is 436 g/mol. The van der Waals surface area contributed by atoms with Gasteiger partial charge in [-0.05, 0) is 36.1 Å². The van der Waals surface area contributed by atoms with Crippen LogP contribution in [0.4, 0.5) is 0 Å². The quantitative estimate of drug-likeness (QED) is 0.440. The molecule has 0 aliphatic carbocycles. The highest BCUT2D eigenvalue weighted by Crippen LogP contribution is 2.27. The molecular formula is C22H21N5OS2. The molecule has 0 saturated carbocycles. The smallest absolute Gasteiger partial charge is 0.231 e. The Hall–Kier alpha value is -2.97. The van der Waals surface area contributed by atoms with Crippen LogP contribution in [0.3, 0.4) is 0 Å². The van der Waals surface area contributed by atoms with Gasteiger partial charge in [0.15, 0.2) is 11.0 Å². The molecule has 4 aromatic rings. The summed E-state index contributed by atoms with van der Waals surface area (Å²) in [4.78, 5) is 17.9. The standard InChI is InChI=1S/C22H21N5OS2/c1-15-5-7-16(8-6-15)20(18-4-3-13-29-18)24-19(28)14-30-22-26-25-21(27(22)2)17-9-11-23-12-10-17/h3-13,20H,14H2,1-2H3,(H,24,28)/t20-/m0/s1. The van der Waals surface area contributed by atoms with Crippen molar-refractivity contribution in [1.29, 1.82) is 0 Å². The number of aryl methyl sites for hydroxylation is 1. The minimum Gasteiger partial charge on any atom is -0.344 e. The lowest BCUT2D eigenvalue weighted by Gasteiger charge is -2.18. The van der Waals surface area contributed by atoms with E-state index in [9.17, 15) is 4.79 Å². The molecule has 0 saturated heterocycles. The van der Waals surface area contributed by atoms with Crippen molar-refractivity contribution in [2.75, 3.05) is 5.75 Å². The Morgan fingerprint density at radius 2 is 1.90 bits per heavy atom. The molecule has 0 fully saturated rings. The van der Waals surface area contributed by atoms with Crippen molar-refractivity contribution in [3.8, 4) is 11.4 Å². The number of pyridine rings is 1. The van der Waals surface area contributed by atoms with Gasteiger partial charge in [0.1, 0.15) is 0 Å². The van der Waals surface area contributed by atoms with Crippen LogP contribution in [0.1, 0.15) is 22.0 Å². The fraction of sp³-hybridized carbons (Fsp3) is 0.182. The number of hydrogen-bond donors (Lipinski definition) is 1. The Kier molecular flexibility index (Phi) is 6.25. The predicted molar refractivity (Wildman–Crippen MR) is 120 cm³/mol. The van der Waals surface area contributed by atoms with Gasteiger partial charge in [0.25, 0.3) is 0 Å². The van der Waals surface area contributed by atoms with Crippen molar-refractivity contribution in [1.82, 2.24) is 25.1 Å². The number of nitrogens with one attached hydrogen (secondary N) is 1. The minimum absolute atomic E-state index is 0.0487. The van der Waals surface area contributed by atoms with Crippen molar-refractivity contribution < 1.29 is 4.79 Å². The first kappa shape index (κ1) is 20.3. The first-order valence-electron chi connectivity index (χ1n) is 9.44. The highest BCUT2D eigenvalue weighted by Gasteiger charge is 2.19. The topological polar surface area (TPSA) is 72.7 Å². The second-order valence-electron chi connectivity index (χ2n) is 6.82. The van der Waals surface area contributed by atoms with Gasteiger partial charge in [-0.1, -0.05) is 47.7 Å². The molecular weight excluding hydrogens is 414 g/mol. The van der Waals surface area contributed by atoms with Gasteiger partial charge in [-0.15, -0.1) is 21.5 Å². The third-order valence-corrected chi connectivity index (χ3v) is 6.61. The van der Waals surface area contributed by atoms with Crippen molar-refractivity contribution >= 4 is 29.0 Å². The number of hydrogen-bond acceptors (Lipinski definition) is 6. The molecule has 152 valence electrons. The zero-order chi connectivity index (χ0) is 20.9. The zero-order valence-electron chi connectivity index (χ0n) is 16.6. The highest BCUT2D eigenvalue weighted by atomic mass is 32.2. The lowest BCUT2D eigenvalue weighted by atomic mass is 10.0.